The minimum absolute atomic E-state index is 0.0814. The van der Waals surface area contributed by atoms with E-state index in [1.807, 2.05) is 0 Å². The van der Waals surface area contributed by atoms with Crippen LogP contribution in [0.5, 0.6) is 11.5 Å². The van der Waals surface area contributed by atoms with Gasteiger partial charge in [0.15, 0.2) is 17.1 Å². The second kappa shape index (κ2) is 6.25. The molecule has 1 fully saturated rings. The Morgan fingerprint density at radius 1 is 1.08 bits per heavy atom. The van der Waals surface area contributed by atoms with Crippen LogP contribution in [0, 0.1) is 0 Å². The molecule has 26 heavy (non-hydrogen) atoms. The van der Waals surface area contributed by atoms with Gasteiger partial charge in [-0.15, -0.1) is 0 Å². The van der Waals surface area contributed by atoms with Gasteiger partial charge in [-0.2, -0.15) is 0 Å². The maximum absolute atomic E-state index is 12.1. The van der Waals surface area contributed by atoms with Crippen molar-refractivity contribution in [3.8, 4) is 11.5 Å². The number of esters is 3. The van der Waals surface area contributed by atoms with Crippen molar-refractivity contribution in [3.05, 3.63) is 29.0 Å². The number of fused-ring (bicyclic) bond motifs is 1. The summed E-state index contributed by atoms with van der Waals surface area (Å²) < 4.78 is 25.6. The normalized spacial score (nSPS) is 17.7. The molecule has 0 spiro atoms. The van der Waals surface area contributed by atoms with Crippen LogP contribution in [-0.2, 0) is 30.4 Å². The van der Waals surface area contributed by atoms with Gasteiger partial charge in [-0.25, -0.2) is 14.4 Å². The number of rotatable bonds is 4. The minimum atomic E-state index is -1.34. The number of carbonyl (C=O) groups is 3. The van der Waals surface area contributed by atoms with Gasteiger partial charge in [-0.3, -0.25) is 0 Å². The van der Waals surface area contributed by atoms with Crippen LogP contribution in [0.3, 0.4) is 0 Å². The van der Waals surface area contributed by atoms with Crippen LogP contribution in [0.2, 0.25) is 0 Å². The van der Waals surface area contributed by atoms with Gasteiger partial charge in [0, 0.05) is 25.6 Å². The van der Waals surface area contributed by atoms with Crippen molar-refractivity contribution in [2.24, 2.45) is 0 Å². The SMILES string of the molecule is COc1cc2c(c(NC=C3C(=O)OC(C)(C)OC3=O)c1OC)C(=O)OC2. The summed E-state index contributed by atoms with van der Waals surface area (Å²) in [7, 11) is 2.84. The summed E-state index contributed by atoms with van der Waals surface area (Å²) in [6, 6.07) is 1.63. The summed E-state index contributed by atoms with van der Waals surface area (Å²) in [6.07, 6.45) is 1.10. The predicted octanol–water partition coefficient (Wildman–Crippen LogP) is 1.51. The first kappa shape index (κ1) is 17.6. The molecule has 0 atom stereocenters. The number of cyclic esters (lactones) is 3. The molecule has 0 saturated carbocycles. The lowest BCUT2D eigenvalue weighted by atomic mass is 10.1. The Labute approximate surface area is 148 Å². The molecule has 2 aliphatic rings. The Morgan fingerprint density at radius 2 is 1.73 bits per heavy atom. The molecule has 0 amide bonds. The fraction of sp³-hybridized carbons (Fsp3) is 0.353. The number of methoxy groups -OCH3 is 2. The van der Waals surface area contributed by atoms with Crippen molar-refractivity contribution in [3.63, 3.8) is 0 Å². The topological polar surface area (TPSA) is 109 Å². The summed E-state index contributed by atoms with van der Waals surface area (Å²) in [5.74, 6) is -3.01. The average Bonchev–Trinajstić information content (AvgIpc) is 2.93. The second-order valence-electron chi connectivity index (χ2n) is 5.98. The molecule has 138 valence electrons. The molecular weight excluding hydrogens is 346 g/mol. The molecule has 2 aliphatic heterocycles. The van der Waals surface area contributed by atoms with Crippen molar-refractivity contribution < 1.29 is 38.1 Å². The quantitative estimate of drug-likeness (QED) is 0.483. The average molecular weight is 363 g/mol. The first-order valence-electron chi connectivity index (χ1n) is 7.65. The van der Waals surface area contributed by atoms with E-state index in [1.54, 1.807) is 6.07 Å². The van der Waals surface area contributed by atoms with Crippen molar-refractivity contribution in [2.75, 3.05) is 19.5 Å². The lowest BCUT2D eigenvalue weighted by Crippen LogP contribution is -2.42. The van der Waals surface area contributed by atoms with Gasteiger partial charge in [0.25, 0.3) is 5.79 Å². The zero-order chi connectivity index (χ0) is 19.1. The number of ether oxygens (including phenoxy) is 5. The monoisotopic (exact) mass is 363 g/mol. The third kappa shape index (κ3) is 2.92. The smallest absolute Gasteiger partial charge is 0.350 e. The summed E-state index contributed by atoms with van der Waals surface area (Å²) in [6.45, 7) is 2.97. The van der Waals surface area contributed by atoms with Gasteiger partial charge >= 0.3 is 17.9 Å². The van der Waals surface area contributed by atoms with Crippen molar-refractivity contribution >= 4 is 23.6 Å². The molecular formula is C17H17NO8. The third-order valence-electron chi connectivity index (χ3n) is 3.79. The fourth-order valence-corrected chi connectivity index (χ4v) is 2.67. The van der Waals surface area contributed by atoms with Crippen LogP contribution in [-0.4, -0.2) is 37.9 Å². The van der Waals surface area contributed by atoms with Gasteiger partial charge in [0.1, 0.15) is 6.61 Å². The van der Waals surface area contributed by atoms with Gasteiger partial charge in [0.2, 0.25) is 0 Å². The molecule has 1 saturated heterocycles. The van der Waals surface area contributed by atoms with Crippen molar-refractivity contribution in [2.45, 2.75) is 26.2 Å². The standard InChI is InChI=1S/C17H17NO8/c1-17(2)25-14(19)9(15(20)26-17)6-18-12-11-8(7-24-16(11)21)5-10(22-3)13(12)23-4/h5-6,18H,7H2,1-4H3. The number of benzene rings is 1. The summed E-state index contributed by atoms with van der Waals surface area (Å²) >= 11 is 0. The van der Waals surface area contributed by atoms with Crippen LogP contribution < -0.4 is 14.8 Å². The lowest BCUT2D eigenvalue weighted by molar-refractivity contribution is -0.222. The second-order valence-corrected chi connectivity index (χ2v) is 5.98. The van der Waals surface area contributed by atoms with E-state index in [4.69, 9.17) is 23.7 Å². The molecule has 0 aromatic heterocycles. The molecule has 0 radical (unpaired) electrons. The van der Waals surface area contributed by atoms with E-state index in [9.17, 15) is 14.4 Å². The minimum Gasteiger partial charge on any atom is -0.493 e. The van der Waals surface area contributed by atoms with Crippen LogP contribution >= 0.6 is 0 Å². The van der Waals surface area contributed by atoms with Gasteiger partial charge in [-0.1, -0.05) is 0 Å². The van der Waals surface area contributed by atoms with Crippen LogP contribution in [0.4, 0.5) is 5.69 Å². The van der Waals surface area contributed by atoms with E-state index in [1.165, 1.54) is 28.1 Å². The third-order valence-corrected chi connectivity index (χ3v) is 3.79. The van der Waals surface area contributed by atoms with Crippen LogP contribution in [0.15, 0.2) is 17.8 Å². The number of hydrogen-bond donors (Lipinski definition) is 1. The van der Waals surface area contributed by atoms with Gasteiger partial charge in [0.05, 0.1) is 25.5 Å². The maximum Gasteiger partial charge on any atom is 0.350 e. The molecule has 9 nitrogen and oxygen atoms in total. The van der Waals surface area contributed by atoms with Crippen molar-refractivity contribution in [1.82, 2.24) is 0 Å². The Kier molecular flexibility index (Phi) is 4.23. The number of hydrogen-bond acceptors (Lipinski definition) is 9. The van der Waals surface area contributed by atoms with Crippen LogP contribution in [0.25, 0.3) is 0 Å². The molecule has 9 heteroatoms. The highest BCUT2D eigenvalue weighted by Crippen LogP contribution is 2.43. The number of anilines is 1. The molecule has 2 heterocycles. The predicted molar refractivity (Wildman–Crippen MR) is 86.6 cm³/mol. The first-order valence-corrected chi connectivity index (χ1v) is 7.65. The van der Waals surface area contributed by atoms with E-state index >= 15 is 0 Å². The molecule has 0 bridgehead atoms. The van der Waals surface area contributed by atoms with E-state index in [2.05, 4.69) is 5.32 Å². The molecule has 1 aromatic carbocycles. The van der Waals surface area contributed by atoms with E-state index in [0.29, 0.717) is 11.3 Å². The highest BCUT2D eigenvalue weighted by molar-refractivity contribution is 6.15. The molecule has 1 aromatic rings. The molecule has 3 rings (SSSR count). The van der Waals surface area contributed by atoms with Gasteiger partial charge < -0.3 is 29.0 Å². The summed E-state index contributed by atoms with van der Waals surface area (Å²) in [5.41, 5.74) is 0.678. The first-order chi connectivity index (χ1) is 12.3. The lowest BCUT2D eigenvalue weighted by Gasteiger charge is -2.29. The summed E-state index contributed by atoms with van der Waals surface area (Å²) in [4.78, 5) is 36.1. The molecule has 1 N–H and O–H groups in total. The van der Waals surface area contributed by atoms with E-state index in [-0.39, 0.29) is 29.2 Å². The van der Waals surface area contributed by atoms with E-state index < -0.39 is 23.7 Å². The molecule has 0 unspecified atom stereocenters. The zero-order valence-electron chi connectivity index (χ0n) is 14.6. The number of carbonyl (C=O) groups excluding carboxylic acids is 3. The Bertz CT molecular complexity index is 818. The zero-order valence-corrected chi connectivity index (χ0v) is 14.6. The van der Waals surface area contributed by atoms with Gasteiger partial charge in [-0.05, 0) is 6.07 Å². The van der Waals surface area contributed by atoms with E-state index in [0.717, 1.165) is 6.20 Å². The largest absolute Gasteiger partial charge is 0.493 e. The highest BCUT2D eigenvalue weighted by atomic mass is 16.7. The maximum atomic E-state index is 12.1. The van der Waals surface area contributed by atoms with Crippen molar-refractivity contribution in [1.29, 1.82) is 0 Å². The summed E-state index contributed by atoms with van der Waals surface area (Å²) in [5, 5.41) is 2.76. The highest BCUT2D eigenvalue weighted by Gasteiger charge is 2.39. The fourth-order valence-electron chi connectivity index (χ4n) is 2.67. The number of nitrogens with one attached hydrogen (secondary N) is 1. The Balaban J connectivity index is 2.03. The Morgan fingerprint density at radius 3 is 2.31 bits per heavy atom. The molecule has 0 aliphatic carbocycles. The Hall–Kier alpha value is -3.23. The van der Waals surface area contributed by atoms with Crippen LogP contribution in [0.1, 0.15) is 29.8 Å².